The summed E-state index contributed by atoms with van der Waals surface area (Å²) < 4.78 is 12.9. The van der Waals surface area contributed by atoms with E-state index in [9.17, 15) is 14.7 Å². The van der Waals surface area contributed by atoms with Crippen molar-refractivity contribution in [3.63, 3.8) is 0 Å². The van der Waals surface area contributed by atoms with Crippen LogP contribution in [0.15, 0.2) is 114 Å². The second kappa shape index (κ2) is 15.7. The number of aromatic nitrogens is 1. The SMILES string of the molecule is O=C1[C@@H]2[C@@H](CC(COc3ccccc3)=C3[C@@H](CC/C(=C/c4ccc(O)cc4Cl)c4ccccn4)OC[C@@H]32)C(=O)N1C1CCN(Cc2ccccc2)CC1. The smallest absolute Gasteiger partial charge is 0.234 e. The van der Waals surface area contributed by atoms with E-state index >= 15 is 0 Å². The summed E-state index contributed by atoms with van der Waals surface area (Å²) in [6.07, 6.45) is 6.90. The average molecular weight is 730 g/mol. The van der Waals surface area contributed by atoms with Crippen LogP contribution >= 0.6 is 11.6 Å². The van der Waals surface area contributed by atoms with E-state index < -0.39 is 11.8 Å². The van der Waals surface area contributed by atoms with Gasteiger partial charge in [-0.05, 0) is 108 Å². The summed E-state index contributed by atoms with van der Waals surface area (Å²) in [6, 6.07) is 30.9. The van der Waals surface area contributed by atoms with Gasteiger partial charge in [-0.25, -0.2) is 0 Å². The molecule has 4 aliphatic rings. The van der Waals surface area contributed by atoms with Crippen molar-refractivity contribution < 1.29 is 24.2 Å². The molecule has 2 amide bonds. The Labute approximate surface area is 315 Å². The van der Waals surface area contributed by atoms with Gasteiger partial charge in [-0.15, -0.1) is 0 Å². The zero-order valence-electron chi connectivity index (χ0n) is 29.6. The number of fused-ring (bicyclic) bond motifs is 3. The molecule has 0 unspecified atom stereocenters. The van der Waals surface area contributed by atoms with Crippen LogP contribution in [0.2, 0.25) is 5.02 Å². The van der Waals surface area contributed by atoms with E-state index in [2.05, 4.69) is 34.1 Å². The summed E-state index contributed by atoms with van der Waals surface area (Å²) in [4.78, 5) is 37.4. The average Bonchev–Trinajstić information content (AvgIpc) is 3.72. The third-order valence-corrected chi connectivity index (χ3v) is 11.7. The molecule has 1 aromatic heterocycles. The second-order valence-corrected chi connectivity index (χ2v) is 15.0. The first-order chi connectivity index (χ1) is 25.9. The largest absolute Gasteiger partial charge is 0.508 e. The molecule has 53 heavy (non-hydrogen) atoms. The highest BCUT2D eigenvalue weighted by molar-refractivity contribution is 6.32. The Balaban J connectivity index is 1.03. The highest BCUT2D eigenvalue weighted by Crippen LogP contribution is 2.51. The Morgan fingerprint density at radius 2 is 1.68 bits per heavy atom. The van der Waals surface area contributed by atoms with Gasteiger partial charge in [0.05, 0.1) is 35.3 Å². The lowest BCUT2D eigenvalue weighted by atomic mass is 9.69. The summed E-state index contributed by atoms with van der Waals surface area (Å²) in [7, 11) is 0. The number of carbonyl (C=O) groups excluding carboxylic acids is 2. The van der Waals surface area contributed by atoms with Crippen molar-refractivity contribution in [3.05, 3.63) is 136 Å². The molecule has 1 N–H and O–H groups in total. The lowest BCUT2D eigenvalue weighted by molar-refractivity contribution is -0.144. The number of likely N-dealkylation sites (tertiary alicyclic amines) is 2. The van der Waals surface area contributed by atoms with E-state index in [0.717, 1.165) is 66.2 Å². The van der Waals surface area contributed by atoms with Crippen LogP contribution in [-0.2, 0) is 20.9 Å². The van der Waals surface area contributed by atoms with Crippen LogP contribution in [0.4, 0.5) is 0 Å². The molecule has 3 saturated heterocycles. The van der Waals surface area contributed by atoms with E-state index in [0.29, 0.717) is 37.5 Å². The first-order valence-corrected chi connectivity index (χ1v) is 19.1. The molecule has 0 radical (unpaired) electrons. The molecule has 3 fully saturated rings. The number of hydrogen-bond acceptors (Lipinski definition) is 7. The third kappa shape index (κ3) is 7.54. The highest BCUT2D eigenvalue weighted by atomic mass is 35.5. The van der Waals surface area contributed by atoms with Crippen LogP contribution in [0.1, 0.15) is 48.9 Å². The molecule has 3 aromatic carbocycles. The quantitative estimate of drug-likeness (QED) is 0.124. The highest BCUT2D eigenvalue weighted by Gasteiger charge is 2.58. The minimum absolute atomic E-state index is 0.0348. The Hall–Kier alpha value is -4.76. The van der Waals surface area contributed by atoms with Gasteiger partial charge >= 0.3 is 0 Å². The number of para-hydroxylation sites is 1. The number of nitrogens with zero attached hydrogens (tertiary/aromatic N) is 3. The van der Waals surface area contributed by atoms with Gasteiger partial charge < -0.3 is 14.6 Å². The van der Waals surface area contributed by atoms with Crippen LogP contribution in [0.3, 0.4) is 0 Å². The van der Waals surface area contributed by atoms with Gasteiger partial charge in [-0.2, -0.15) is 0 Å². The number of phenols is 1. The fourth-order valence-corrected chi connectivity index (χ4v) is 9.02. The topological polar surface area (TPSA) is 92.2 Å². The first kappa shape index (κ1) is 35.3. The van der Waals surface area contributed by atoms with Gasteiger partial charge in [0.15, 0.2) is 0 Å². The predicted molar refractivity (Wildman–Crippen MR) is 205 cm³/mol. The fraction of sp³-hybridized carbons (Fsp3) is 0.341. The number of ether oxygens (including phenoxy) is 2. The van der Waals surface area contributed by atoms with Crippen molar-refractivity contribution in [1.82, 2.24) is 14.8 Å². The number of amides is 2. The van der Waals surface area contributed by atoms with Gasteiger partial charge in [0.2, 0.25) is 11.8 Å². The van der Waals surface area contributed by atoms with Crippen LogP contribution in [-0.4, -0.2) is 70.2 Å². The molecule has 3 aliphatic heterocycles. The molecule has 8 nitrogen and oxygen atoms in total. The lowest BCUT2D eigenvalue weighted by Gasteiger charge is -2.36. The van der Waals surface area contributed by atoms with Crippen LogP contribution < -0.4 is 4.74 Å². The summed E-state index contributed by atoms with van der Waals surface area (Å²) >= 11 is 6.53. The number of pyridine rings is 1. The van der Waals surface area contributed by atoms with E-state index in [4.69, 9.17) is 21.1 Å². The van der Waals surface area contributed by atoms with Crippen molar-refractivity contribution in [2.45, 2.75) is 50.8 Å². The Morgan fingerprint density at radius 1 is 0.925 bits per heavy atom. The molecule has 0 bridgehead atoms. The van der Waals surface area contributed by atoms with Gasteiger partial charge in [0.25, 0.3) is 0 Å². The molecule has 0 spiro atoms. The minimum atomic E-state index is -0.424. The molecule has 272 valence electrons. The molecule has 8 rings (SSSR count). The molecule has 0 saturated carbocycles. The van der Waals surface area contributed by atoms with Gasteiger partial charge in [0.1, 0.15) is 18.1 Å². The maximum atomic E-state index is 14.4. The number of phenolic OH excluding ortho intramolecular Hbond substituents is 1. The molecule has 4 atom stereocenters. The number of halogens is 1. The van der Waals surface area contributed by atoms with Crippen molar-refractivity contribution in [1.29, 1.82) is 0 Å². The number of hydrogen-bond donors (Lipinski definition) is 1. The van der Waals surface area contributed by atoms with E-state index in [1.54, 1.807) is 23.2 Å². The van der Waals surface area contributed by atoms with Crippen molar-refractivity contribution in [2.24, 2.45) is 17.8 Å². The maximum absolute atomic E-state index is 14.4. The van der Waals surface area contributed by atoms with Crippen LogP contribution in [0.5, 0.6) is 11.5 Å². The van der Waals surface area contributed by atoms with E-state index in [1.165, 1.54) is 11.6 Å². The number of piperidine rings is 1. The van der Waals surface area contributed by atoms with Gasteiger partial charge in [-0.1, -0.05) is 66.2 Å². The zero-order chi connectivity index (χ0) is 36.3. The summed E-state index contributed by atoms with van der Waals surface area (Å²) in [6.45, 7) is 3.30. The molecule has 1 aliphatic carbocycles. The number of rotatable bonds is 11. The number of allylic oxidation sites excluding steroid dienone is 1. The zero-order valence-corrected chi connectivity index (χ0v) is 30.4. The molecule has 4 aromatic rings. The third-order valence-electron chi connectivity index (χ3n) is 11.4. The number of carbonyl (C=O) groups is 2. The Morgan fingerprint density at radius 3 is 2.42 bits per heavy atom. The molecular weight excluding hydrogens is 686 g/mol. The number of benzene rings is 3. The van der Waals surface area contributed by atoms with Crippen molar-refractivity contribution >= 4 is 35.1 Å². The fourth-order valence-electron chi connectivity index (χ4n) is 8.79. The molecule has 4 heterocycles. The van der Waals surface area contributed by atoms with E-state index in [-0.39, 0.29) is 35.6 Å². The monoisotopic (exact) mass is 729 g/mol. The summed E-state index contributed by atoms with van der Waals surface area (Å²) in [5.74, 6) is -0.209. The second-order valence-electron chi connectivity index (χ2n) is 14.6. The lowest BCUT2D eigenvalue weighted by Crippen LogP contribution is -2.47. The molecule has 9 heteroatoms. The summed E-state index contributed by atoms with van der Waals surface area (Å²) in [5.41, 5.74) is 6.06. The standard InChI is InChI=1S/C44H44ClN3O5/c45-38-25-34(49)16-14-30(38)23-31(39-13-7-8-20-46-39)15-17-40-41-32(27-52-35-11-5-2-6-12-35)24-36-42(37(41)28-53-40)44(51)48(43(36)50)33-18-21-47(22-19-33)26-29-9-3-1-4-10-29/h1-14,16,20,23,25,33,36-37,40,42,49H,15,17-19,21-22,24,26-28H2/b31-23-/t36-,37+,40-,42-/m1/s1. The number of aromatic hydroxyl groups is 1. The van der Waals surface area contributed by atoms with E-state index in [1.807, 2.05) is 60.7 Å². The van der Waals surface area contributed by atoms with Crippen molar-refractivity contribution in [2.75, 3.05) is 26.3 Å². The predicted octanol–water partition coefficient (Wildman–Crippen LogP) is 7.82. The minimum Gasteiger partial charge on any atom is -0.508 e. The Bertz CT molecular complexity index is 2000. The summed E-state index contributed by atoms with van der Waals surface area (Å²) in [5, 5.41) is 10.4. The van der Waals surface area contributed by atoms with Crippen molar-refractivity contribution in [3.8, 4) is 11.5 Å². The normalized spacial score (nSPS) is 23.7. The van der Waals surface area contributed by atoms with Gasteiger partial charge in [-0.3, -0.25) is 24.4 Å². The first-order valence-electron chi connectivity index (χ1n) is 18.7. The molecular formula is C44H44ClN3O5. The Kier molecular flexibility index (Phi) is 10.4. The van der Waals surface area contributed by atoms with Crippen LogP contribution in [0.25, 0.3) is 11.6 Å². The number of imide groups is 1. The van der Waals surface area contributed by atoms with Crippen LogP contribution in [0, 0.1) is 17.8 Å². The maximum Gasteiger partial charge on any atom is 0.234 e. The van der Waals surface area contributed by atoms with Gasteiger partial charge in [0, 0.05) is 37.8 Å².